The molecule has 110 valence electrons. The molecule has 0 aliphatic heterocycles. The molecule has 2 aliphatic rings. The van der Waals surface area contributed by atoms with E-state index in [1.54, 1.807) is 11.1 Å². The number of aryl methyl sites for hydroxylation is 1. The molecule has 0 amide bonds. The highest BCUT2D eigenvalue weighted by atomic mass is 16.3. The van der Waals surface area contributed by atoms with Crippen LogP contribution in [0.1, 0.15) is 55.6 Å². The fourth-order valence-corrected chi connectivity index (χ4v) is 4.06. The van der Waals surface area contributed by atoms with Gasteiger partial charge in [0.15, 0.2) is 0 Å². The summed E-state index contributed by atoms with van der Waals surface area (Å²) in [7, 11) is 0. The van der Waals surface area contributed by atoms with Crippen LogP contribution in [0.15, 0.2) is 24.3 Å². The van der Waals surface area contributed by atoms with Crippen molar-refractivity contribution in [1.82, 2.24) is 5.32 Å². The van der Waals surface area contributed by atoms with Gasteiger partial charge in [-0.05, 0) is 55.1 Å². The van der Waals surface area contributed by atoms with Crippen molar-refractivity contribution in [2.24, 2.45) is 5.92 Å². The van der Waals surface area contributed by atoms with Crippen molar-refractivity contribution in [3.05, 3.63) is 35.4 Å². The van der Waals surface area contributed by atoms with Gasteiger partial charge in [-0.15, -0.1) is 0 Å². The van der Waals surface area contributed by atoms with E-state index in [0.717, 1.165) is 6.54 Å². The molecule has 0 aromatic heterocycles. The number of aliphatic hydroxyl groups is 1. The van der Waals surface area contributed by atoms with Crippen LogP contribution in [0, 0.1) is 5.92 Å². The lowest BCUT2D eigenvalue weighted by Crippen LogP contribution is -2.42. The Morgan fingerprint density at radius 2 is 1.90 bits per heavy atom. The summed E-state index contributed by atoms with van der Waals surface area (Å²) < 4.78 is 0. The van der Waals surface area contributed by atoms with Crippen LogP contribution in [0.2, 0.25) is 0 Å². The summed E-state index contributed by atoms with van der Waals surface area (Å²) in [4.78, 5) is 0. The quantitative estimate of drug-likeness (QED) is 0.882. The van der Waals surface area contributed by atoms with Crippen molar-refractivity contribution in [3.63, 3.8) is 0 Å². The maximum Gasteiger partial charge on any atom is 0.0474 e. The number of hydrogen-bond donors (Lipinski definition) is 2. The third-order valence-corrected chi connectivity index (χ3v) is 5.26. The normalized spacial score (nSPS) is 29.9. The van der Waals surface area contributed by atoms with Gasteiger partial charge in [0.1, 0.15) is 0 Å². The van der Waals surface area contributed by atoms with E-state index in [4.69, 9.17) is 0 Å². The van der Waals surface area contributed by atoms with E-state index in [1.807, 2.05) is 0 Å². The first-order valence-corrected chi connectivity index (χ1v) is 8.30. The van der Waals surface area contributed by atoms with Gasteiger partial charge in [-0.1, -0.05) is 37.1 Å². The summed E-state index contributed by atoms with van der Waals surface area (Å²) in [5.41, 5.74) is 3.11. The largest absolute Gasteiger partial charge is 0.396 e. The Balaban J connectivity index is 1.61. The van der Waals surface area contributed by atoms with Crippen molar-refractivity contribution in [2.75, 3.05) is 13.2 Å². The van der Waals surface area contributed by atoms with Crippen LogP contribution in [0.5, 0.6) is 0 Å². The number of rotatable bonds is 4. The zero-order valence-corrected chi connectivity index (χ0v) is 12.4. The third kappa shape index (κ3) is 3.07. The van der Waals surface area contributed by atoms with Gasteiger partial charge < -0.3 is 10.4 Å². The molecule has 1 aromatic carbocycles. The summed E-state index contributed by atoms with van der Waals surface area (Å²) in [5, 5.41) is 13.3. The second-order valence-corrected chi connectivity index (χ2v) is 6.53. The zero-order chi connectivity index (χ0) is 13.8. The van der Waals surface area contributed by atoms with Crippen molar-refractivity contribution >= 4 is 0 Å². The molecular formula is C18H27NO. The lowest BCUT2D eigenvalue weighted by molar-refractivity contribution is 0.151. The minimum absolute atomic E-state index is 0.346. The molecule has 20 heavy (non-hydrogen) atoms. The first-order chi connectivity index (χ1) is 9.88. The molecule has 2 nitrogen and oxygen atoms in total. The highest BCUT2D eigenvalue weighted by Crippen LogP contribution is 2.32. The molecule has 1 aromatic rings. The van der Waals surface area contributed by atoms with Gasteiger partial charge in [0.2, 0.25) is 0 Å². The zero-order valence-electron chi connectivity index (χ0n) is 12.4. The minimum Gasteiger partial charge on any atom is -0.396 e. The summed E-state index contributed by atoms with van der Waals surface area (Å²) in [5.74, 6) is 1.14. The summed E-state index contributed by atoms with van der Waals surface area (Å²) in [6, 6.07) is 9.47. The molecule has 0 saturated heterocycles. The highest BCUT2D eigenvalue weighted by molar-refractivity contribution is 5.32. The molecule has 2 aliphatic carbocycles. The van der Waals surface area contributed by atoms with Crippen LogP contribution >= 0.6 is 0 Å². The molecule has 3 rings (SSSR count). The van der Waals surface area contributed by atoms with E-state index in [1.165, 1.54) is 44.9 Å². The molecule has 0 spiro atoms. The maximum absolute atomic E-state index is 9.52. The predicted octanol–water partition coefficient (Wildman–Crippen LogP) is 3.25. The Kier molecular flexibility index (Phi) is 4.74. The first kappa shape index (κ1) is 14.1. The van der Waals surface area contributed by atoms with E-state index in [-0.39, 0.29) is 0 Å². The first-order valence-electron chi connectivity index (χ1n) is 8.30. The lowest BCUT2D eigenvalue weighted by atomic mass is 9.81. The maximum atomic E-state index is 9.52. The van der Waals surface area contributed by atoms with Gasteiger partial charge in [-0.3, -0.25) is 0 Å². The van der Waals surface area contributed by atoms with Crippen LogP contribution in [-0.2, 0) is 6.42 Å². The van der Waals surface area contributed by atoms with Gasteiger partial charge >= 0.3 is 0 Å². The predicted molar refractivity (Wildman–Crippen MR) is 83.0 cm³/mol. The minimum atomic E-state index is 0.346. The molecule has 2 heteroatoms. The topological polar surface area (TPSA) is 32.3 Å². The number of aliphatic hydroxyl groups excluding tert-OH is 1. The van der Waals surface area contributed by atoms with Crippen LogP contribution in [0.25, 0.3) is 0 Å². The number of fused-ring (bicyclic) bond motifs is 1. The third-order valence-electron chi connectivity index (χ3n) is 5.26. The number of hydrogen-bond acceptors (Lipinski definition) is 2. The Hall–Kier alpha value is -0.860. The fraction of sp³-hybridized carbons (Fsp3) is 0.667. The van der Waals surface area contributed by atoms with Gasteiger partial charge in [-0.25, -0.2) is 0 Å². The van der Waals surface area contributed by atoms with E-state index in [0.29, 0.717) is 24.5 Å². The summed E-state index contributed by atoms with van der Waals surface area (Å²) >= 11 is 0. The van der Waals surface area contributed by atoms with E-state index < -0.39 is 0 Å². The second kappa shape index (κ2) is 6.73. The molecule has 1 fully saturated rings. The number of benzene rings is 1. The molecule has 0 heterocycles. The Morgan fingerprint density at radius 3 is 2.80 bits per heavy atom. The molecule has 3 unspecified atom stereocenters. The SMILES string of the molecule is OCC1CCCCC1NCC1CCCc2ccccc21. The highest BCUT2D eigenvalue weighted by Gasteiger charge is 2.26. The Morgan fingerprint density at radius 1 is 1.05 bits per heavy atom. The van der Waals surface area contributed by atoms with Crippen molar-refractivity contribution in [1.29, 1.82) is 0 Å². The van der Waals surface area contributed by atoms with Crippen molar-refractivity contribution in [2.45, 2.75) is 56.9 Å². The molecule has 2 N–H and O–H groups in total. The van der Waals surface area contributed by atoms with E-state index in [2.05, 4.69) is 29.6 Å². The standard InChI is InChI=1S/C18H27NO/c20-13-16-7-2-4-11-18(16)19-12-15-9-5-8-14-6-1-3-10-17(14)15/h1,3,6,10,15-16,18-20H,2,4-5,7-9,11-13H2. The Bertz CT molecular complexity index is 431. The average Bonchev–Trinajstić information content (AvgIpc) is 2.53. The fourth-order valence-electron chi connectivity index (χ4n) is 4.06. The van der Waals surface area contributed by atoms with Gasteiger partial charge in [0.05, 0.1) is 0 Å². The second-order valence-electron chi connectivity index (χ2n) is 6.53. The van der Waals surface area contributed by atoms with E-state index in [9.17, 15) is 5.11 Å². The number of nitrogens with one attached hydrogen (secondary N) is 1. The van der Waals surface area contributed by atoms with Gasteiger partial charge in [0, 0.05) is 19.2 Å². The molecule has 0 bridgehead atoms. The smallest absolute Gasteiger partial charge is 0.0474 e. The van der Waals surface area contributed by atoms with Gasteiger partial charge in [-0.2, -0.15) is 0 Å². The van der Waals surface area contributed by atoms with Crippen LogP contribution in [-0.4, -0.2) is 24.3 Å². The average molecular weight is 273 g/mol. The molecular weight excluding hydrogens is 246 g/mol. The summed E-state index contributed by atoms with van der Waals surface area (Å²) in [6.45, 7) is 1.43. The Labute approximate surface area is 122 Å². The lowest BCUT2D eigenvalue weighted by Gasteiger charge is -2.33. The molecule has 0 radical (unpaired) electrons. The molecule has 3 atom stereocenters. The van der Waals surface area contributed by atoms with Gasteiger partial charge in [0.25, 0.3) is 0 Å². The summed E-state index contributed by atoms with van der Waals surface area (Å²) in [6.07, 6.45) is 8.90. The monoisotopic (exact) mass is 273 g/mol. The molecule has 1 saturated carbocycles. The van der Waals surface area contributed by atoms with Crippen LogP contribution in [0.3, 0.4) is 0 Å². The van der Waals surface area contributed by atoms with Crippen molar-refractivity contribution < 1.29 is 5.11 Å². The van der Waals surface area contributed by atoms with Crippen molar-refractivity contribution in [3.8, 4) is 0 Å². The van der Waals surface area contributed by atoms with Crippen LogP contribution < -0.4 is 5.32 Å². The van der Waals surface area contributed by atoms with Crippen LogP contribution in [0.4, 0.5) is 0 Å². The van der Waals surface area contributed by atoms with E-state index >= 15 is 0 Å².